The lowest BCUT2D eigenvalue weighted by atomic mass is 10.2. The number of hydrogen-bond donors (Lipinski definition) is 1. The molecule has 0 rings (SSSR count). The molecule has 0 aliphatic rings. The summed E-state index contributed by atoms with van der Waals surface area (Å²) in [5.41, 5.74) is 0. The van der Waals surface area contributed by atoms with E-state index in [1.54, 1.807) is 6.92 Å². The fourth-order valence-electron chi connectivity index (χ4n) is 1.82. The highest BCUT2D eigenvalue weighted by atomic mass is 19.4. The van der Waals surface area contributed by atoms with E-state index in [1.165, 1.54) is 0 Å². The Bertz CT molecular complexity index is 273. The van der Waals surface area contributed by atoms with Crippen molar-refractivity contribution < 1.29 is 22.7 Å². The van der Waals surface area contributed by atoms with Crippen LogP contribution in [-0.2, 0) is 9.53 Å². The maximum absolute atomic E-state index is 12.5. The average molecular weight is 298 g/mol. The van der Waals surface area contributed by atoms with Crippen LogP contribution in [0.15, 0.2) is 0 Å². The molecule has 0 saturated heterocycles. The topological polar surface area (TPSA) is 41.6 Å². The Kier molecular flexibility index (Phi) is 9.58. The van der Waals surface area contributed by atoms with Crippen LogP contribution in [0.5, 0.6) is 0 Å². The van der Waals surface area contributed by atoms with Gasteiger partial charge in [-0.2, -0.15) is 13.2 Å². The zero-order valence-corrected chi connectivity index (χ0v) is 12.4. The van der Waals surface area contributed by atoms with Crippen LogP contribution in [-0.4, -0.2) is 55.9 Å². The lowest BCUT2D eigenvalue weighted by Gasteiger charge is -2.25. The summed E-state index contributed by atoms with van der Waals surface area (Å²) in [6, 6.07) is -0.130. The number of rotatable bonds is 10. The average Bonchev–Trinajstić information content (AvgIpc) is 2.31. The van der Waals surface area contributed by atoms with E-state index in [-0.39, 0.29) is 19.0 Å². The van der Waals surface area contributed by atoms with Crippen LogP contribution < -0.4 is 5.32 Å². The number of amides is 1. The molecule has 1 N–H and O–H groups in total. The van der Waals surface area contributed by atoms with E-state index in [2.05, 4.69) is 5.32 Å². The van der Waals surface area contributed by atoms with Gasteiger partial charge >= 0.3 is 6.18 Å². The predicted molar refractivity (Wildman–Crippen MR) is 71.5 cm³/mol. The van der Waals surface area contributed by atoms with Crippen LogP contribution >= 0.6 is 0 Å². The third-order valence-electron chi connectivity index (χ3n) is 2.68. The van der Waals surface area contributed by atoms with Crippen LogP contribution in [0.3, 0.4) is 0 Å². The van der Waals surface area contributed by atoms with E-state index in [9.17, 15) is 18.0 Å². The van der Waals surface area contributed by atoms with Gasteiger partial charge in [-0.3, -0.25) is 4.79 Å². The lowest BCUT2D eigenvalue weighted by Crippen LogP contribution is -2.42. The standard InChI is InChI=1S/C13H25F3N2O2/c1-4-17-11(3)9-12(19)18(10-13(14,15)16)7-6-8-20-5-2/h11,17H,4-10H2,1-3H3. The van der Waals surface area contributed by atoms with Crippen molar-refractivity contribution in [3.8, 4) is 0 Å². The number of nitrogens with zero attached hydrogens (tertiary/aromatic N) is 1. The maximum atomic E-state index is 12.5. The molecule has 4 nitrogen and oxygen atoms in total. The highest BCUT2D eigenvalue weighted by Gasteiger charge is 2.32. The van der Waals surface area contributed by atoms with Gasteiger partial charge < -0.3 is 15.0 Å². The third-order valence-corrected chi connectivity index (χ3v) is 2.68. The Morgan fingerprint density at radius 1 is 1.35 bits per heavy atom. The molecule has 0 aromatic rings. The number of hydrogen-bond acceptors (Lipinski definition) is 3. The molecular weight excluding hydrogens is 273 g/mol. The predicted octanol–water partition coefficient (Wildman–Crippen LogP) is 2.19. The summed E-state index contributed by atoms with van der Waals surface area (Å²) in [6.07, 6.45) is -3.90. The number of halogens is 3. The normalized spacial score (nSPS) is 13.3. The molecule has 0 radical (unpaired) electrons. The van der Waals surface area contributed by atoms with E-state index in [0.29, 0.717) is 26.2 Å². The monoisotopic (exact) mass is 298 g/mol. The minimum absolute atomic E-state index is 0.0667. The molecule has 7 heteroatoms. The van der Waals surface area contributed by atoms with Gasteiger partial charge in [-0.15, -0.1) is 0 Å². The zero-order chi connectivity index (χ0) is 15.6. The van der Waals surface area contributed by atoms with Gasteiger partial charge in [0.15, 0.2) is 0 Å². The number of alkyl halides is 3. The van der Waals surface area contributed by atoms with Gasteiger partial charge in [0.25, 0.3) is 0 Å². The zero-order valence-electron chi connectivity index (χ0n) is 12.4. The first-order chi connectivity index (χ1) is 9.30. The summed E-state index contributed by atoms with van der Waals surface area (Å²) in [4.78, 5) is 12.8. The summed E-state index contributed by atoms with van der Waals surface area (Å²) in [5.74, 6) is -0.479. The van der Waals surface area contributed by atoms with Gasteiger partial charge in [-0.25, -0.2) is 0 Å². The highest BCUT2D eigenvalue weighted by Crippen LogP contribution is 2.17. The first-order valence-electron chi connectivity index (χ1n) is 6.95. The van der Waals surface area contributed by atoms with Crippen molar-refractivity contribution in [3.63, 3.8) is 0 Å². The summed E-state index contributed by atoms with van der Waals surface area (Å²) < 4.78 is 42.5. The minimum atomic E-state index is -4.37. The van der Waals surface area contributed by atoms with Crippen LogP contribution in [0.1, 0.15) is 33.6 Å². The number of ether oxygens (including phenoxy) is 1. The van der Waals surface area contributed by atoms with Crippen molar-refractivity contribution in [3.05, 3.63) is 0 Å². The SMILES string of the molecule is CCNC(C)CC(=O)N(CCCOCC)CC(F)(F)F. The van der Waals surface area contributed by atoms with Crippen molar-refractivity contribution in [1.29, 1.82) is 0 Å². The van der Waals surface area contributed by atoms with Gasteiger partial charge in [0, 0.05) is 32.2 Å². The second kappa shape index (κ2) is 9.99. The van der Waals surface area contributed by atoms with E-state index in [0.717, 1.165) is 4.90 Å². The van der Waals surface area contributed by atoms with Crippen molar-refractivity contribution >= 4 is 5.91 Å². The Balaban J connectivity index is 4.38. The van der Waals surface area contributed by atoms with Crippen molar-refractivity contribution in [2.24, 2.45) is 0 Å². The molecule has 0 aliphatic heterocycles. The fourth-order valence-corrected chi connectivity index (χ4v) is 1.82. The van der Waals surface area contributed by atoms with Crippen LogP contribution in [0.2, 0.25) is 0 Å². The van der Waals surface area contributed by atoms with Crippen LogP contribution in [0.25, 0.3) is 0 Å². The highest BCUT2D eigenvalue weighted by molar-refractivity contribution is 5.76. The molecule has 1 unspecified atom stereocenters. The molecule has 20 heavy (non-hydrogen) atoms. The molecular formula is C13H25F3N2O2. The second-order valence-corrected chi connectivity index (χ2v) is 4.64. The van der Waals surface area contributed by atoms with E-state index in [1.807, 2.05) is 13.8 Å². The summed E-state index contributed by atoms with van der Waals surface area (Å²) in [5, 5.41) is 3.02. The summed E-state index contributed by atoms with van der Waals surface area (Å²) >= 11 is 0. The quantitative estimate of drug-likeness (QED) is 0.629. The Labute approximate surface area is 118 Å². The van der Waals surface area contributed by atoms with Crippen molar-refractivity contribution in [2.45, 2.75) is 45.8 Å². The molecule has 120 valence electrons. The maximum Gasteiger partial charge on any atom is 0.406 e. The Morgan fingerprint density at radius 2 is 2.00 bits per heavy atom. The summed E-state index contributed by atoms with van der Waals surface area (Å²) in [6.45, 7) is 5.91. The first kappa shape index (κ1) is 19.2. The molecule has 0 aromatic carbocycles. The molecule has 0 bridgehead atoms. The van der Waals surface area contributed by atoms with E-state index in [4.69, 9.17) is 4.74 Å². The number of carbonyl (C=O) groups is 1. The Hall–Kier alpha value is -0.820. The number of carbonyl (C=O) groups excluding carboxylic acids is 1. The molecule has 0 fully saturated rings. The number of nitrogens with one attached hydrogen (secondary N) is 1. The first-order valence-corrected chi connectivity index (χ1v) is 6.95. The van der Waals surface area contributed by atoms with Crippen molar-refractivity contribution in [2.75, 3.05) is 32.8 Å². The molecule has 0 aromatic heterocycles. The van der Waals surface area contributed by atoms with E-state index >= 15 is 0 Å². The molecule has 1 amide bonds. The van der Waals surface area contributed by atoms with Gasteiger partial charge in [-0.1, -0.05) is 6.92 Å². The van der Waals surface area contributed by atoms with Gasteiger partial charge in [-0.05, 0) is 26.8 Å². The second-order valence-electron chi connectivity index (χ2n) is 4.64. The van der Waals surface area contributed by atoms with Gasteiger partial charge in [0.1, 0.15) is 6.54 Å². The molecule has 1 atom stereocenters. The smallest absolute Gasteiger partial charge is 0.382 e. The molecule has 0 heterocycles. The summed E-state index contributed by atoms with van der Waals surface area (Å²) in [7, 11) is 0. The largest absolute Gasteiger partial charge is 0.406 e. The van der Waals surface area contributed by atoms with Gasteiger partial charge in [0.2, 0.25) is 5.91 Å². The third kappa shape index (κ3) is 10.0. The fraction of sp³-hybridized carbons (Fsp3) is 0.923. The minimum Gasteiger partial charge on any atom is -0.382 e. The lowest BCUT2D eigenvalue weighted by molar-refractivity contribution is -0.161. The van der Waals surface area contributed by atoms with E-state index < -0.39 is 18.6 Å². The van der Waals surface area contributed by atoms with Gasteiger partial charge in [0.05, 0.1) is 0 Å². The Morgan fingerprint density at radius 3 is 2.50 bits per heavy atom. The molecule has 0 spiro atoms. The van der Waals surface area contributed by atoms with Crippen LogP contribution in [0, 0.1) is 0 Å². The molecule has 0 aliphatic carbocycles. The van der Waals surface area contributed by atoms with Crippen molar-refractivity contribution in [1.82, 2.24) is 10.2 Å². The van der Waals surface area contributed by atoms with Crippen LogP contribution in [0.4, 0.5) is 13.2 Å². The molecule has 0 saturated carbocycles.